The van der Waals surface area contributed by atoms with Gasteiger partial charge in [0.1, 0.15) is 5.75 Å². The third-order valence-electron chi connectivity index (χ3n) is 2.76. The highest BCUT2D eigenvalue weighted by Crippen LogP contribution is 2.18. The zero-order chi connectivity index (χ0) is 12.8. The summed E-state index contributed by atoms with van der Waals surface area (Å²) >= 11 is 0. The number of methoxy groups -OCH3 is 1. The van der Waals surface area contributed by atoms with Gasteiger partial charge >= 0.3 is 0 Å². The van der Waals surface area contributed by atoms with E-state index in [1.165, 1.54) is 0 Å². The Hall–Kier alpha value is -1.51. The molecule has 17 heavy (non-hydrogen) atoms. The van der Waals surface area contributed by atoms with Gasteiger partial charge in [0, 0.05) is 11.6 Å². The maximum absolute atomic E-state index is 11.9. The lowest BCUT2D eigenvalue weighted by Crippen LogP contribution is -2.32. The van der Waals surface area contributed by atoms with Crippen molar-refractivity contribution in [2.45, 2.75) is 39.7 Å². The molecule has 3 heteroatoms. The summed E-state index contributed by atoms with van der Waals surface area (Å²) in [4.78, 5) is 11.9. The third-order valence-corrected chi connectivity index (χ3v) is 2.76. The third kappa shape index (κ3) is 3.77. The lowest BCUT2D eigenvalue weighted by molar-refractivity contribution is 0.0938. The van der Waals surface area contributed by atoms with E-state index < -0.39 is 0 Å². The van der Waals surface area contributed by atoms with Crippen LogP contribution in [0.15, 0.2) is 18.2 Å². The molecule has 0 radical (unpaired) electrons. The maximum atomic E-state index is 11.9. The smallest absolute Gasteiger partial charge is 0.251 e. The molecule has 1 amide bonds. The van der Waals surface area contributed by atoms with Crippen LogP contribution in [0.3, 0.4) is 0 Å². The summed E-state index contributed by atoms with van der Waals surface area (Å²) in [6.45, 7) is 6.07. The van der Waals surface area contributed by atoms with Gasteiger partial charge in [-0.3, -0.25) is 4.79 Å². The molecule has 0 bridgehead atoms. The second-order valence-corrected chi connectivity index (χ2v) is 4.35. The van der Waals surface area contributed by atoms with Gasteiger partial charge in [-0.05, 0) is 44.0 Å². The van der Waals surface area contributed by atoms with Gasteiger partial charge in [-0.2, -0.15) is 0 Å². The zero-order valence-corrected chi connectivity index (χ0v) is 11.0. The number of amides is 1. The number of carbonyl (C=O) groups excluding carboxylic acids is 1. The highest BCUT2D eigenvalue weighted by atomic mass is 16.5. The summed E-state index contributed by atoms with van der Waals surface area (Å²) in [5.41, 5.74) is 1.66. The van der Waals surface area contributed by atoms with Crippen LogP contribution in [0, 0.1) is 6.92 Å². The number of ether oxygens (including phenoxy) is 1. The highest BCUT2D eigenvalue weighted by molar-refractivity contribution is 5.94. The van der Waals surface area contributed by atoms with Crippen LogP contribution in [0.25, 0.3) is 0 Å². The number of nitrogens with one attached hydrogen (secondary N) is 1. The first-order chi connectivity index (χ1) is 8.08. The quantitative estimate of drug-likeness (QED) is 0.852. The monoisotopic (exact) mass is 235 g/mol. The minimum Gasteiger partial charge on any atom is -0.496 e. The molecule has 0 aliphatic carbocycles. The lowest BCUT2D eigenvalue weighted by Gasteiger charge is -2.13. The Bertz CT molecular complexity index is 388. The molecule has 0 aliphatic rings. The summed E-state index contributed by atoms with van der Waals surface area (Å²) in [6.07, 6.45) is 2.07. The fourth-order valence-corrected chi connectivity index (χ4v) is 1.83. The average Bonchev–Trinajstić information content (AvgIpc) is 2.29. The Kier molecular flexibility index (Phi) is 5.01. The topological polar surface area (TPSA) is 38.3 Å². The standard InChI is InChI=1S/C14H21NO2/c1-5-6-11(3)15-14(16)12-7-8-13(17-4)10(2)9-12/h7-9,11H,5-6H2,1-4H3,(H,15,16)/t11-/m1/s1. The second-order valence-electron chi connectivity index (χ2n) is 4.35. The summed E-state index contributed by atoms with van der Waals surface area (Å²) in [5.74, 6) is 0.792. The van der Waals surface area contributed by atoms with Gasteiger partial charge in [-0.15, -0.1) is 0 Å². The van der Waals surface area contributed by atoms with Gasteiger partial charge < -0.3 is 10.1 Å². The number of hydrogen-bond donors (Lipinski definition) is 1. The number of hydrogen-bond acceptors (Lipinski definition) is 2. The first kappa shape index (κ1) is 13.6. The van der Waals surface area contributed by atoms with Crippen LogP contribution in [-0.4, -0.2) is 19.1 Å². The number of rotatable bonds is 5. The van der Waals surface area contributed by atoms with Crippen molar-refractivity contribution < 1.29 is 9.53 Å². The van der Waals surface area contributed by atoms with E-state index in [1.807, 2.05) is 26.0 Å². The average molecular weight is 235 g/mol. The minimum absolute atomic E-state index is 0.0169. The van der Waals surface area contributed by atoms with Gasteiger partial charge in [0.25, 0.3) is 5.91 Å². The fourth-order valence-electron chi connectivity index (χ4n) is 1.83. The van der Waals surface area contributed by atoms with Gasteiger partial charge in [0.2, 0.25) is 0 Å². The largest absolute Gasteiger partial charge is 0.496 e. The second kappa shape index (κ2) is 6.28. The number of aryl methyl sites for hydroxylation is 1. The van der Waals surface area contributed by atoms with Crippen molar-refractivity contribution in [3.05, 3.63) is 29.3 Å². The van der Waals surface area contributed by atoms with Crippen molar-refractivity contribution >= 4 is 5.91 Å². The first-order valence-corrected chi connectivity index (χ1v) is 6.04. The van der Waals surface area contributed by atoms with Crippen LogP contribution in [0.5, 0.6) is 5.75 Å². The molecular weight excluding hydrogens is 214 g/mol. The molecule has 0 heterocycles. The van der Waals surface area contributed by atoms with Gasteiger partial charge in [0.15, 0.2) is 0 Å². The van der Waals surface area contributed by atoms with Crippen LogP contribution < -0.4 is 10.1 Å². The fraction of sp³-hybridized carbons (Fsp3) is 0.500. The van der Waals surface area contributed by atoms with E-state index in [-0.39, 0.29) is 11.9 Å². The van der Waals surface area contributed by atoms with Crippen LogP contribution >= 0.6 is 0 Å². The van der Waals surface area contributed by atoms with E-state index in [2.05, 4.69) is 12.2 Å². The predicted octanol–water partition coefficient (Wildman–Crippen LogP) is 2.92. The molecule has 1 aromatic carbocycles. The van der Waals surface area contributed by atoms with Crippen LogP contribution in [0.1, 0.15) is 42.6 Å². The molecule has 0 spiro atoms. The molecule has 1 atom stereocenters. The van der Waals surface area contributed by atoms with Crippen molar-refractivity contribution in [2.24, 2.45) is 0 Å². The van der Waals surface area contributed by atoms with Gasteiger partial charge in [0.05, 0.1) is 7.11 Å². The van der Waals surface area contributed by atoms with Crippen molar-refractivity contribution in [1.82, 2.24) is 5.32 Å². The SMILES string of the molecule is CCC[C@@H](C)NC(=O)c1ccc(OC)c(C)c1. The molecule has 0 fully saturated rings. The van der Waals surface area contributed by atoms with E-state index in [1.54, 1.807) is 13.2 Å². The van der Waals surface area contributed by atoms with E-state index in [0.29, 0.717) is 5.56 Å². The molecule has 3 nitrogen and oxygen atoms in total. The molecule has 0 aliphatic heterocycles. The van der Waals surface area contributed by atoms with Crippen molar-refractivity contribution in [1.29, 1.82) is 0 Å². The molecule has 0 aromatic heterocycles. The molecular formula is C14H21NO2. The molecule has 1 aromatic rings. The zero-order valence-electron chi connectivity index (χ0n) is 11.0. The Balaban J connectivity index is 2.72. The lowest BCUT2D eigenvalue weighted by atomic mass is 10.1. The Morgan fingerprint density at radius 1 is 1.47 bits per heavy atom. The van der Waals surface area contributed by atoms with Crippen LogP contribution in [0.4, 0.5) is 0 Å². The van der Waals surface area contributed by atoms with Crippen LogP contribution in [-0.2, 0) is 0 Å². The number of benzene rings is 1. The summed E-state index contributed by atoms with van der Waals surface area (Å²) in [7, 11) is 1.63. The van der Waals surface area contributed by atoms with E-state index in [0.717, 1.165) is 24.2 Å². The maximum Gasteiger partial charge on any atom is 0.251 e. The Labute approximate surface area is 103 Å². The summed E-state index contributed by atoms with van der Waals surface area (Å²) < 4.78 is 5.17. The highest BCUT2D eigenvalue weighted by Gasteiger charge is 2.10. The van der Waals surface area contributed by atoms with Gasteiger partial charge in [-0.25, -0.2) is 0 Å². The van der Waals surface area contributed by atoms with Crippen molar-refractivity contribution in [3.8, 4) is 5.75 Å². The normalized spacial score (nSPS) is 12.0. The van der Waals surface area contributed by atoms with Crippen molar-refractivity contribution in [2.75, 3.05) is 7.11 Å². The van der Waals surface area contributed by atoms with E-state index in [9.17, 15) is 4.79 Å². The number of carbonyl (C=O) groups is 1. The van der Waals surface area contributed by atoms with Crippen molar-refractivity contribution in [3.63, 3.8) is 0 Å². The van der Waals surface area contributed by atoms with Gasteiger partial charge in [-0.1, -0.05) is 13.3 Å². The summed E-state index contributed by atoms with van der Waals surface area (Å²) in [5, 5.41) is 2.98. The molecule has 0 saturated carbocycles. The van der Waals surface area contributed by atoms with E-state index >= 15 is 0 Å². The molecule has 0 saturated heterocycles. The molecule has 94 valence electrons. The molecule has 1 rings (SSSR count). The van der Waals surface area contributed by atoms with E-state index in [4.69, 9.17) is 4.74 Å². The molecule has 0 unspecified atom stereocenters. The van der Waals surface area contributed by atoms with Crippen LogP contribution in [0.2, 0.25) is 0 Å². The Morgan fingerprint density at radius 2 is 2.18 bits per heavy atom. The molecule has 1 N–H and O–H groups in total. The Morgan fingerprint density at radius 3 is 2.71 bits per heavy atom. The predicted molar refractivity (Wildman–Crippen MR) is 69.6 cm³/mol. The summed E-state index contributed by atoms with van der Waals surface area (Å²) in [6, 6.07) is 5.69. The minimum atomic E-state index is -0.0169. The first-order valence-electron chi connectivity index (χ1n) is 6.04.